The van der Waals surface area contributed by atoms with Crippen molar-refractivity contribution in [3.05, 3.63) is 89.5 Å². The monoisotopic (exact) mass is 1350 g/mol. The van der Waals surface area contributed by atoms with Crippen LogP contribution in [0.15, 0.2) is 72.8 Å². The van der Waals surface area contributed by atoms with Gasteiger partial charge in [0.2, 0.25) is 23.6 Å². The summed E-state index contributed by atoms with van der Waals surface area (Å²) in [6, 6.07) is 16.9. The zero-order valence-electron chi connectivity index (χ0n) is 52.2. The largest absolute Gasteiger partial charge is 0.490 e. The van der Waals surface area contributed by atoms with Crippen LogP contribution in [0, 0.1) is 0 Å². The van der Waals surface area contributed by atoms with Crippen LogP contribution in [-0.4, -0.2) is 239 Å². The lowest BCUT2D eigenvalue weighted by Crippen LogP contribution is -2.43. The number of anilines is 1. The Hall–Kier alpha value is -9.84. The summed E-state index contributed by atoms with van der Waals surface area (Å²) in [7, 11) is 0. The van der Waals surface area contributed by atoms with E-state index in [0.29, 0.717) is 116 Å². The van der Waals surface area contributed by atoms with Crippen LogP contribution in [0.2, 0.25) is 0 Å². The van der Waals surface area contributed by atoms with E-state index in [2.05, 4.69) is 5.32 Å². The number of hydrogen-bond acceptors (Lipinski definition) is 16. The molecule has 0 saturated carbocycles. The number of aliphatic carboxylic acids is 6. The van der Waals surface area contributed by atoms with Crippen LogP contribution in [0.4, 0.5) is 18.9 Å². The molecule has 524 valence electrons. The zero-order valence-corrected chi connectivity index (χ0v) is 52.2. The van der Waals surface area contributed by atoms with Gasteiger partial charge in [-0.05, 0) is 131 Å². The van der Waals surface area contributed by atoms with Crippen molar-refractivity contribution in [1.29, 1.82) is 0 Å². The zero-order chi connectivity index (χ0) is 69.7. The fraction of sp³-hybridized carbons (Fsp3) is 0.523. The van der Waals surface area contributed by atoms with E-state index < -0.39 is 84.0 Å². The highest BCUT2D eigenvalue weighted by Gasteiger charge is 2.40. The topological polar surface area (TPSA) is 393 Å². The summed E-state index contributed by atoms with van der Waals surface area (Å²) < 4.78 is 42.8. The summed E-state index contributed by atoms with van der Waals surface area (Å²) in [5.74, 6) is -8.71. The standard InChI is InChI=1S/C22H29N3O5.C20H24N2O8.C20H24N2O6.C2HF3O2.CH4/c1-15(26)18-4-2-12-24(18)20(27)11-8-16-6-9-17(10-7-16)23-14-21(28)25-13-3-5-19(25)22(29)30;23-17(21-9-3-5-13(21)19(25)26)11-29-15-7-1-2-8-16(15)30-12-18(24)22-10-4-6-14(22)20(27)28;23-17(21-9-1-3-15(21)19(25)26)11-13-5-7-14(8-6-13)12-18(24)22-10-2-4-16(22)20(27)28;3-2(4,5)1(6)7;/h6-7,9-10,18-19,23H,2-5,8,11-14H2,1H3,(H,29,30);1-2,7-8,13-14H,3-6,9-12H2,(H,25,26)(H,27,28);5-8,15-16H,1-4,9-12H2,(H,25,26)(H,27,28);(H,6,7);1H4/t18-,19-;13-,14-;15-,16-;;/m111../s1. The molecule has 0 aliphatic carbocycles. The number of nitrogens with zero attached hydrogens (tertiary/aromatic N) is 6. The summed E-state index contributed by atoms with van der Waals surface area (Å²) in [5, 5.41) is 56.1. The van der Waals surface area contributed by atoms with E-state index in [1.54, 1.807) is 53.4 Å². The molecule has 0 spiro atoms. The minimum absolute atomic E-state index is 0. The average Bonchev–Trinajstić information content (AvgIpc) is 1.71. The molecule has 6 amide bonds. The lowest BCUT2D eigenvalue weighted by molar-refractivity contribution is -0.192. The second-order valence-electron chi connectivity index (χ2n) is 23.3. The number of hydrogen-bond donors (Lipinski definition) is 7. The quantitative estimate of drug-likeness (QED) is 0.0729. The number of carboxylic acids is 6. The highest BCUT2D eigenvalue weighted by Crippen LogP contribution is 2.29. The predicted octanol–water partition coefficient (Wildman–Crippen LogP) is 4.47. The van der Waals surface area contributed by atoms with E-state index in [1.807, 2.05) is 24.3 Å². The van der Waals surface area contributed by atoms with Crippen LogP contribution in [0.5, 0.6) is 11.5 Å². The lowest BCUT2D eigenvalue weighted by Gasteiger charge is -2.22. The molecule has 28 nitrogen and oxygen atoms in total. The second kappa shape index (κ2) is 36.2. The Balaban J connectivity index is 0.000000246. The molecule has 6 fully saturated rings. The molecule has 0 aromatic heterocycles. The molecule has 6 heterocycles. The molecule has 0 unspecified atom stereocenters. The smallest absolute Gasteiger partial charge is 0.480 e. The van der Waals surface area contributed by atoms with Crippen molar-refractivity contribution in [3.8, 4) is 11.5 Å². The minimum atomic E-state index is -5.08. The van der Waals surface area contributed by atoms with Gasteiger partial charge in [-0.25, -0.2) is 28.8 Å². The van der Waals surface area contributed by atoms with Crippen molar-refractivity contribution in [3.63, 3.8) is 0 Å². The highest BCUT2D eigenvalue weighted by molar-refractivity contribution is 5.90. The summed E-state index contributed by atoms with van der Waals surface area (Å²) in [5.41, 5.74) is 3.27. The number of carbonyl (C=O) groups excluding carboxylic acids is 7. The van der Waals surface area contributed by atoms with Crippen molar-refractivity contribution >= 4 is 82.7 Å². The lowest BCUT2D eigenvalue weighted by atomic mass is 10.1. The fourth-order valence-electron chi connectivity index (χ4n) is 12.0. The van der Waals surface area contributed by atoms with Gasteiger partial charge in [-0.3, -0.25) is 33.6 Å². The number of para-hydroxylation sites is 2. The van der Waals surface area contributed by atoms with E-state index >= 15 is 0 Å². The minimum Gasteiger partial charge on any atom is -0.480 e. The van der Waals surface area contributed by atoms with Crippen molar-refractivity contribution < 1.29 is 116 Å². The van der Waals surface area contributed by atoms with E-state index in [1.165, 1.54) is 31.4 Å². The number of Topliss-reactive ketones (excluding diaryl/α,β-unsaturated/α-hetero) is 1. The number of carbonyl (C=O) groups is 13. The maximum atomic E-state index is 12.5. The third-order valence-electron chi connectivity index (χ3n) is 16.9. The molecule has 6 atom stereocenters. The van der Waals surface area contributed by atoms with E-state index in [0.717, 1.165) is 35.2 Å². The van der Waals surface area contributed by atoms with Gasteiger partial charge in [-0.1, -0.05) is 56.0 Å². The van der Waals surface area contributed by atoms with Crippen LogP contribution in [0.25, 0.3) is 0 Å². The van der Waals surface area contributed by atoms with Crippen molar-refractivity contribution in [2.75, 3.05) is 64.3 Å². The van der Waals surface area contributed by atoms with Crippen LogP contribution >= 0.6 is 0 Å². The number of benzene rings is 3. The van der Waals surface area contributed by atoms with Crippen molar-refractivity contribution in [1.82, 2.24) is 29.4 Å². The molecule has 6 aliphatic heterocycles. The number of ketones is 1. The Morgan fingerprint density at radius 3 is 1.03 bits per heavy atom. The number of nitrogens with one attached hydrogen (secondary N) is 1. The van der Waals surface area contributed by atoms with Crippen LogP contribution in [0.3, 0.4) is 0 Å². The van der Waals surface area contributed by atoms with Gasteiger partial charge in [-0.2, -0.15) is 13.2 Å². The number of carboxylic acid groups (broad SMARTS) is 6. The molecule has 9 rings (SSSR count). The third-order valence-corrected chi connectivity index (χ3v) is 16.9. The van der Waals surface area contributed by atoms with Gasteiger partial charge >= 0.3 is 42.0 Å². The Labute approximate surface area is 550 Å². The van der Waals surface area contributed by atoms with Gasteiger partial charge in [0.25, 0.3) is 11.8 Å². The molecule has 6 saturated heterocycles. The number of ether oxygens (including phenoxy) is 2. The Morgan fingerprint density at radius 1 is 0.427 bits per heavy atom. The number of halogens is 3. The maximum absolute atomic E-state index is 12.5. The predicted molar refractivity (Wildman–Crippen MR) is 332 cm³/mol. The normalized spacial score (nSPS) is 20.2. The molecule has 31 heteroatoms. The first-order valence-electron chi connectivity index (χ1n) is 31.0. The van der Waals surface area contributed by atoms with Crippen LogP contribution in [0.1, 0.15) is 115 Å². The molecule has 0 radical (unpaired) electrons. The number of alkyl halides is 3. The molecule has 7 N–H and O–H groups in total. The summed E-state index contributed by atoms with van der Waals surface area (Å²) >= 11 is 0. The van der Waals surface area contributed by atoms with Crippen LogP contribution in [-0.2, 0) is 81.6 Å². The highest BCUT2D eigenvalue weighted by atomic mass is 19.4. The summed E-state index contributed by atoms with van der Waals surface area (Å²) in [6.07, 6.45) is 3.36. The number of rotatable bonds is 22. The fourth-order valence-corrected chi connectivity index (χ4v) is 12.0. The molecule has 0 bridgehead atoms. The van der Waals surface area contributed by atoms with Crippen LogP contribution < -0.4 is 14.8 Å². The van der Waals surface area contributed by atoms with Gasteiger partial charge in [0.15, 0.2) is 30.5 Å². The first kappa shape index (κ1) is 76.9. The van der Waals surface area contributed by atoms with Gasteiger partial charge in [0, 0.05) is 51.4 Å². The van der Waals surface area contributed by atoms with Gasteiger partial charge in [0.1, 0.15) is 30.2 Å². The molecular formula is C65H82F3N7O21. The number of likely N-dealkylation sites (tertiary alicyclic amines) is 6. The Morgan fingerprint density at radius 2 is 0.719 bits per heavy atom. The first-order chi connectivity index (χ1) is 45.0. The average molecular weight is 1350 g/mol. The van der Waals surface area contributed by atoms with Crippen molar-refractivity contribution in [2.24, 2.45) is 0 Å². The molecule has 3 aromatic carbocycles. The molecular weight excluding hydrogens is 1270 g/mol. The van der Waals surface area contributed by atoms with Gasteiger partial charge < -0.3 is 74.8 Å². The van der Waals surface area contributed by atoms with E-state index in [-0.39, 0.29) is 87.0 Å². The van der Waals surface area contributed by atoms with Gasteiger partial charge in [-0.15, -0.1) is 0 Å². The second-order valence-corrected chi connectivity index (χ2v) is 23.3. The number of amides is 6. The Bertz CT molecular complexity index is 3080. The first-order valence-corrected chi connectivity index (χ1v) is 31.0. The third kappa shape index (κ3) is 21.9. The molecule has 3 aromatic rings. The summed E-state index contributed by atoms with van der Waals surface area (Å²) in [6.45, 7) is 3.66. The number of aryl methyl sites for hydroxylation is 1. The SMILES string of the molecule is C.CC(=O)[C@H]1CCCN1C(=O)CCc1ccc(NCC(=O)N2CCC[C@@H]2C(=O)O)cc1.O=C(O)C(F)(F)F.O=C(O)[C@H]1CCCN1C(=O)COc1ccccc1OCC(=O)N1CCC[C@@H]1C(=O)O.O=C(O)[C@H]1CCCN1C(=O)Cc1ccc(CC(=O)N2CCC[C@@H]2C(=O)O)cc1. The van der Waals surface area contributed by atoms with E-state index in [9.17, 15) is 96.2 Å². The van der Waals surface area contributed by atoms with Crippen molar-refractivity contribution in [2.45, 2.75) is 160 Å². The summed E-state index contributed by atoms with van der Waals surface area (Å²) in [4.78, 5) is 160. The molecule has 96 heavy (non-hydrogen) atoms. The Kier molecular flexibility index (Phi) is 29.0. The van der Waals surface area contributed by atoms with E-state index in [4.69, 9.17) is 19.4 Å². The maximum Gasteiger partial charge on any atom is 0.490 e. The van der Waals surface area contributed by atoms with Gasteiger partial charge in [0.05, 0.1) is 25.4 Å². The molecule has 6 aliphatic rings.